The van der Waals surface area contributed by atoms with Gasteiger partial charge in [0.25, 0.3) is 5.95 Å². The van der Waals surface area contributed by atoms with Crippen LogP contribution in [0.2, 0.25) is 0 Å². The molecule has 3 aromatic rings. The highest BCUT2D eigenvalue weighted by atomic mass is 32.2. The first-order valence-corrected chi connectivity index (χ1v) is 10.6. The van der Waals surface area contributed by atoms with E-state index in [-0.39, 0.29) is 17.7 Å². The Morgan fingerprint density at radius 3 is 2.86 bits per heavy atom. The van der Waals surface area contributed by atoms with Crippen LogP contribution in [0, 0.1) is 13.8 Å². The van der Waals surface area contributed by atoms with Gasteiger partial charge in [-0.05, 0) is 50.3 Å². The van der Waals surface area contributed by atoms with Gasteiger partial charge in [-0.2, -0.15) is 5.10 Å². The van der Waals surface area contributed by atoms with Crippen molar-refractivity contribution in [1.82, 2.24) is 29.6 Å². The van der Waals surface area contributed by atoms with Gasteiger partial charge < -0.3 is 10.7 Å². The lowest BCUT2D eigenvalue weighted by atomic mass is 9.87. The van der Waals surface area contributed by atoms with Crippen molar-refractivity contribution in [3.63, 3.8) is 0 Å². The van der Waals surface area contributed by atoms with Crippen molar-refractivity contribution in [3.05, 3.63) is 52.8 Å². The molecule has 1 amide bonds. The molecule has 0 unspecified atom stereocenters. The first-order valence-electron chi connectivity index (χ1n) is 9.66. The van der Waals surface area contributed by atoms with Gasteiger partial charge in [0.05, 0.1) is 17.5 Å². The molecule has 0 radical (unpaired) electrons. The third-order valence-corrected chi connectivity index (χ3v) is 6.30. The quantitative estimate of drug-likeness (QED) is 0.512. The van der Waals surface area contributed by atoms with E-state index in [4.69, 9.17) is 5.84 Å². The molecule has 1 aliphatic rings. The van der Waals surface area contributed by atoms with Gasteiger partial charge in [0.15, 0.2) is 0 Å². The van der Waals surface area contributed by atoms with Crippen LogP contribution in [0.25, 0.3) is 5.95 Å². The molecule has 4 rings (SSSR count). The predicted molar refractivity (Wildman–Crippen MR) is 112 cm³/mol. The Labute approximate surface area is 174 Å². The van der Waals surface area contributed by atoms with E-state index in [0.29, 0.717) is 11.1 Å². The number of nitrogens with two attached hydrogens (primary N) is 1. The highest BCUT2D eigenvalue weighted by molar-refractivity contribution is 7.99. The van der Waals surface area contributed by atoms with E-state index in [1.165, 1.54) is 27.6 Å². The summed E-state index contributed by atoms with van der Waals surface area (Å²) >= 11 is 1.29. The van der Waals surface area contributed by atoms with Crippen LogP contribution in [0.15, 0.2) is 35.5 Å². The summed E-state index contributed by atoms with van der Waals surface area (Å²) in [4.78, 5) is 14.7. The molecular formula is C20H25N7OS. The minimum Gasteiger partial charge on any atom is -0.338 e. The second kappa shape index (κ2) is 7.90. The predicted octanol–water partition coefficient (Wildman–Crippen LogP) is 2.42. The molecule has 8 nitrogen and oxygen atoms in total. The normalized spacial score (nSPS) is 15.9. The molecule has 0 saturated heterocycles. The molecule has 2 N–H and O–H groups in total. The van der Waals surface area contributed by atoms with Gasteiger partial charge in [-0.1, -0.05) is 36.0 Å². The minimum atomic E-state index is 0.0485. The number of thioether (sulfide) groups is 1. The first kappa shape index (κ1) is 19.5. The summed E-state index contributed by atoms with van der Waals surface area (Å²) in [5, 5.41) is 13.2. The molecule has 2 aromatic heterocycles. The average molecular weight is 412 g/mol. The van der Waals surface area contributed by atoms with E-state index in [0.717, 1.165) is 30.7 Å². The van der Waals surface area contributed by atoms with Crippen LogP contribution in [-0.4, -0.2) is 48.3 Å². The molecule has 29 heavy (non-hydrogen) atoms. The highest BCUT2D eigenvalue weighted by Crippen LogP contribution is 2.34. The van der Waals surface area contributed by atoms with Crippen molar-refractivity contribution < 1.29 is 4.79 Å². The number of nitrogen functional groups attached to an aromatic ring is 1. The van der Waals surface area contributed by atoms with E-state index >= 15 is 0 Å². The topological polar surface area (TPSA) is 94.9 Å². The molecule has 0 fully saturated rings. The number of nitrogens with zero attached hydrogens (tertiary/aromatic N) is 6. The number of amides is 1. The van der Waals surface area contributed by atoms with E-state index in [9.17, 15) is 4.79 Å². The zero-order valence-corrected chi connectivity index (χ0v) is 17.7. The van der Waals surface area contributed by atoms with Crippen molar-refractivity contribution in [1.29, 1.82) is 0 Å². The van der Waals surface area contributed by atoms with Crippen molar-refractivity contribution in [3.8, 4) is 5.95 Å². The summed E-state index contributed by atoms with van der Waals surface area (Å²) in [6.07, 6.45) is 3.16. The monoisotopic (exact) mass is 411 g/mol. The lowest BCUT2D eigenvalue weighted by molar-refractivity contribution is -0.129. The number of fused-ring (bicyclic) bond motifs is 1. The molecule has 0 aliphatic heterocycles. The van der Waals surface area contributed by atoms with E-state index in [2.05, 4.69) is 33.5 Å². The zero-order valence-electron chi connectivity index (χ0n) is 16.9. The molecule has 0 bridgehead atoms. The van der Waals surface area contributed by atoms with Crippen LogP contribution < -0.4 is 5.84 Å². The van der Waals surface area contributed by atoms with Gasteiger partial charge in [-0.25, -0.2) is 9.36 Å². The summed E-state index contributed by atoms with van der Waals surface area (Å²) in [6.45, 7) is 3.84. The van der Waals surface area contributed by atoms with Crippen LogP contribution in [0.5, 0.6) is 0 Å². The van der Waals surface area contributed by atoms with Crippen LogP contribution in [0.4, 0.5) is 0 Å². The van der Waals surface area contributed by atoms with Gasteiger partial charge in [0, 0.05) is 12.7 Å². The van der Waals surface area contributed by atoms with E-state index in [1.54, 1.807) is 4.68 Å². The van der Waals surface area contributed by atoms with Gasteiger partial charge >= 0.3 is 0 Å². The van der Waals surface area contributed by atoms with Crippen molar-refractivity contribution in [2.75, 3.05) is 18.6 Å². The molecule has 1 aliphatic carbocycles. The standard InChI is InChI=1S/C20H25N7OS/c1-13-11-14(2)27(24-13)19-22-23-20(26(19)21)29-12-18(28)25(3)17-10-6-8-15-7-4-5-9-16(15)17/h4-5,7,9,11,17H,6,8,10,12,21H2,1-3H3/t17-/m1/s1. The molecule has 152 valence electrons. The van der Waals surface area contributed by atoms with Gasteiger partial charge in [-0.3, -0.25) is 4.79 Å². The lowest BCUT2D eigenvalue weighted by Crippen LogP contribution is -2.34. The number of hydrogen-bond acceptors (Lipinski definition) is 6. The Bertz CT molecular complexity index is 1040. The SMILES string of the molecule is Cc1cc(C)n(-c2nnc(SCC(=O)N(C)[C@@H]3CCCc4ccccc43)n2N)n1. The fourth-order valence-corrected chi connectivity index (χ4v) is 4.65. The summed E-state index contributed by atoms with van der Waals surface area (Å²) in [7, 11) is 1.88. The maximum absolute atomic E-state index is 12.9. The molecule has 9 heteroatoms. The second-order valence-corrected chi connectivity index (χ2v) is 8.33. The van der Waals surface area contributed by atoms with E-state index < -0.39 is 0 Å². The van der Waals surface area contributed by atoms with Crippen LogP contribution in [0.1, 0.15) is 41.4 Å². The number of benzene rings is 1. The molecule has 1 atom stereocenters. The fourth-order valence-electron chi connectivity index (χ4n) is 3.88. The summed E-state index contributed by atoms with van der Waals surface area (Å²) in [5.74, 6) is 6.90. The van der Waals surface area contributed by atoms with Crippen LogP contribution in [-0.2, 0) is 11.2 Å². The lowest BCUT2D eigenvalue weighted by Gasteiger charge is -2.33. The third kappa shape index (κ3) is 3.74. The number of aryl methyl sites for hydroxylation is 3. The maximum Gasteiger partial charge on any atom is 0.271 e. The van der Waals surface area contributed by atoms with Gasteiger partial charge in [0.1, 0.15) is 0 Å². The maximum atomic E-state index is 12.9. The van der Waals surface area contributed by atoms with Crippen molar-refractivity contribution in [2.45, 2.75) is 44.3 Å². The Hall–Kier alpha value is -2.81. The van der Waals surface area contributed by atoms with Gasteiger partial charge in [-0.15, -0.1) is 10.2 Å². The molecule has 2 heterocycles. The largest absolute Gasteiger partial charge is 0.338 e. The average Bonchev–Trinajstić information content (AvgIpc) is 3.25. The molecule has 1 aromatic carbocycles. The summed E-state index contributed by atoms with van der Waals surface area (Å²) < 4.78 is 3.03. The summed E-state index contributed by atoms with van der Waals surface area (Å²) in [6, 6.07) is 10.5. The molecule has 0 saturated carbocycles. The zero-order chi connectivity index (χ0) is 20.5. The van der Waals surface area contributed by atoms with Crippen LogP contribution in [0.3, 0.4) is 0 Å². The Morgan fingerprint density at radius 2 is 2.10 bits per heavy atom. The summed E-state index contributed by atoms with van der Waals surface area (Å²) in [5.41, 5.74) is 4.40. The number of aromatic nitrogens is 5. The minimum absolute atomic E-state index is 0.0485. The smallest absolute Gasteiger partial charge is 0.271 e. The Kier molecular flexibility index (Phi) is 5.31. The fraction of sp³-hybridized carbons (Fsp3) is 0.400. The molecular weight excluding hydrogens is 386 g/mol. The number of rotatable bonds is 5. The third-order valence-electron chi connectivity index (χ3n) is 5.37. The van der Waals surface area contributed by atoms with Crippen molar-refractivity contribution in [2.24, 2.45) is 0 Å². The Morgan fingerprint density at radius 1 is 1.31 bits per heavy atom. The number of carbonyl (C=O) groups excluding carboxylic acids is 1. The number of hydrogen-bond donors (Lipinski definition) is 1. The van der Waals surface area contributed by atoms with Crippen LogP contribution >= 0.6 is 11.8 Å². The first-order chi connectivity index (χ1) is 14.0. The van der Waals surface area contributed by atoms with Crippen molar-refractivity contribution >= 4 is 17.7 Å². The molecule has 0 spiro atoms. The highest BCUT2D eigenvalue weighted by Gasteiger charge is 2.27. The van der Waals surface area contributed by atoms with E-state index in [1.807, 2.05) is 37.9 Å². The number of carbonyl (C=O) groups is 1. The second-order valence-electron chi connectivity index (χ2n) is 7.39. The Balaban J connectivity index is 1.45. The van der Waals surface area contributed by atoms with Gasteiger partial charge in [0.2, 0.25) is 11.1 Å².